The molecule has 1 atom stereocenters. The highest BCUT2D eigenvalue weighted by Gasteiger charge is 2.19. The van der Waals surface area contributed by atoms with Crippen molar-refractivity contribution in [1.29, 1.82) is 0 Å². The number of hydrogen-bond donors (Lipinski definition) is 3. The molecular weight excluding hydrogens is 274 g/mol. The molecule has 6 heteroatoms. The SMILES string of the molecule is CSc1ccc(NC(=O)N[C@@H](CC(C)C)C(N)=O)cc1. The van der Waals surface area contributed by atoms with Gasteiger partial charge in [-0.3, -0.25) is 4.79 Å². The van der Waals surface area contributed by atoms with Gasteiger partial charge in [0.25, 0.3) is 0 Å². The molecule has 0 unspecified atom stereocenters. The standard InChI is InChI=1S/C14H21N3O2S/c1-9(2)8-12(13(15)18)17-14(19)16-10-4-6-11(20-3)7-5-10/h4-7,9,12H,8H2,1-3H3,(H2,15,18)(H2,16,17,19)/t12-/m0/s1. The van der Waals surface area contributed by atoms with E-state index < -0.39 is 18.0 Å². The molecule has 0 fully saturated rings. The molecule has 20 heavy (non-hydrogen) atoms. The lowest BCUT2D eigenvalue weighted by atomic mass is 10.0. The van der Waals surface area contributed by atoms with Gasteiger partial charge in [-0.05, 0) is 42.9 Å². The molecule has 0 radical (unpaired) electrons. The first-order valence-electron chi connectivity index (χ1n) is 6.43. The van der Waals surface area contributed by atoms with E-state index in [1.54, 1.807) is 11.8 Å². The number of rotatable bonds is 6. The van der Waals surface area contributed by atoms with Crippen molar-refractivity contribution in [3.63, 3.8) is 0 Å². The van der Waals surface area contributed by atoms with Crippen LogP contribution in [0.5, 0.6) is 0 Å². The number of thioether (sulfide) groups is 1. The third-order valence-electron chi connectivity index (χ3n) is 2.70. The van der Waals surface area contributed by atoms with Crippen molar-refractivity contribution >= 4 is 29.4 Å². The maximum Gasteiger partial charge on any atom is 0.319 e. The van der Waals surface area contributed by atoms with Crippen LogP contribution in [0.3, 0.4) is 0 Å². The maximum atomic E-state index is 11.8. The van der Waals surface area contributed by atoms with Gasteiger partial charge in [-0.1, -0.05) is 13.8 Å². The molecule has 0 aliphatic carbocycles. The number of amides is 3. The van der Waals surface area contributed by atoms with Crippen molar-refractivity contribution < 1.29 is 9.59 Å². The van der Waals surface area contributed by atoms with Gasteiger partial charge in [-0.2, -0.15) is 0 Å². The summed E-state index contributed by atoms with van der Waals surface area (Å²) < 4.78 is 0. The van der Waals surface area contributed by atoms with Crippen LogP contribution in [0, 0.1) is 5.92 Å². The molecule has 0 saturated carbocycles. The minimum Gasteiger partial charge on any atom is -0.368 e. The highest BCUT2D eigenvalue weighted by molar-refractivity contribution is 7.98. The maximum absolute atomic E-state index is 11.8. The van der Waals surface area contributed by atoms with Gasteiger partial charge in [0.2, 0.25) is 5.91 Å². The average molecular weight is 295 g/mol. The molecule has 0 spiro atoms. The van der Waals surface area contributed by atoms with Crippen molar-refractivity contribution in [2.24, 2.45) is 11.7 Å². The Morgan fingerprint density at radius 1 is 1.25 bits per heavy atom. The van der Waals surface area contributed by atoms with E-state index in [1.807, 2.05) is 44.4 Å². The Balaban J connectivity index is 2.58. The molecule has 5 nitrogen and oxygen atoms in total. The second-order valence-corrected chi connectivity index (χ2v) is 5.79. The van der Waals surface area contributed by atoms with Crippen LogP contribution in [0.25, 0.3) is 0 Å². The summed E-state index contributed by atoms with van der Waals surface area (Å²) in [6.07, 6.45) is 2.51. The van der Waals surface area contributed by atoms with Crippen molar-refractivity contribution in [3.05, 3.63) is 24.3 Å². The van der Waals surface area contributed by atoms with Gasteiger partial charge in [0.15, 0.2) is 0 Å². The summed E-state index contributed by atoms with van der Waals surface area (Å²) in [5, 5.41) is 5.28. The molecule has 1 aromatic carbocycles. The number of hydrogen-bond acceptors (Lipinski definition) is 3. The number of anilines is 1. The Morgan fingerprint density at radius 3 is 2.30 bits per heavy atom. The van der Waals surface area contributed by atoms with E-state index in [4.69, 9.17) is 5.73 Å². The van der Waals surface area contributed by atoms with Crippen molar-refractivity contribution in [1.82, 2.24) is 5.32 Å². The van der Waals surface area contributed by atoms with Crippen LogP contribution in [0.4, 0.5) is 10.5 Å². The third-order valence-corrected chi connectivity index (χ3v) is 3.45. The first kappa shape index (κ1) is 16.4. The van der Waals surface area contributed by atoms with Gasteiger partial charge in [0.05, 0.1) is 0 Å². The molecule has 1 rings (SSSR count). The number of carbonyl (C=O) groups excluding carboxylic acids is 2. The zero-order valence-corrected chi connectivity index (χ0v) is 12.8. The van der Waals surface area contributed by atoms with Crippen molar-refractivity contribution in [3.8, 4) is 0 Å². The van der Waals surface area contributed by atoms with Gasteiger partial charge in [0, 0.05) is 10.6 Å². The van der Waals surface area contributed by atoms with Crippen LogP contribution >= 0.6 is 11.8 Å². The second kappa shape index (κ2) is 7.79. The third kappa shape index (κ3) is 5.52. The largest absolute Gasteiger partial charge is 0.368 e. The van der Waals surface area contributed by atoms with E-state index >= 15 is 0 Å². The molecule has 0 heterocycles. The van der Waals surface area contributed by atoms with Gasteiger partial charge in [0.1, 0.15) is 6.04 Å². The van der Waals surface area contributed by atoms with Crippen LogP contribution in [0.2, 0.25) is 0 Å². The quantitative estimate of drug-likeness (QED) is 0.705. The zero-order valence-electron chi connectivity index (χ0n) is 12.0. The Kier molecular flexibility index (Phi) is 6.38. The van der Waals surface area contributed by atoms with E-state index in [0.29, 0.717) is 12.1 Å². The summed E-state index contributed by atoms with van der Waals surface area (Å²) in [6.45, 7) is 3.94. The fourth-order valence-electron chi connectivity index (χ4n) is 1.72. The van der Waals surface area contributed by atoms with Crippen LogP contribution in [0.1, 0.15) is 20.3 Å². The highest BCUT2D eigenvalue weighted by atomic mass is 32.2. The first-order valence-corrected chi connectivity index (χ1v) is 7.65. The number of nitrogens with one attached hydrogen (secondary N) is 2. The van der Waals surface area contributed by atoms with Crippen LogP contribution in [0.15, 0.2) is 29.2 Å². The van der Waals surface area contributed by atoms with Gasteiger partial charge in [-0.15, -0.1) is 11.8 Å². The predicted molar refractivity (Wildman–Crippen MR) is 82.8 cm³/mol. The van der Waals surface area contributed by atoms with E-state index in [1.165, 1.54) is 0 Å². The summed E-state index contributed by atoms with van der Waals surface area (Å²) in [5.74, 6) is -0.250. The van der Waals surface area contributed by atoms with E-state index in [0.717, 1.165) is 4.90 Å². The molecule has 4 N–H and O–H groups in total. The summed E-state index contributed by atoms with van der Waals surface area (Å²) in [6, 6.07) is 6.38. The molecule has 0 aliphatic heterocycles. The van der Waals surface area contributed by atoms with Crippen molar-refractivity contribution in [2.75, 3.05) is 11.6 Å². The number of primary amides is 1. The topological polar surface area (TPSA) is 84.2 Å². The van der Waals surface area contributed by atoms with E-state index in [9.17, 15) is 9.59 Å². The first-order chi connectivity index (χ1) is 9.42. The highest BCUT2D eigenvalue weighted by Crippen LogP contribution is 2.17. The Bertz CT molecular complexity index is 460. The lowest BCUT2D eigenvalue weighted by Gasteiger charge is -2.17. The zero-order chi connectivity index (χ0) is 15.1. The molecule has 0 aromatic heterocycles. The molecule has 0 aliphatic rings. The van der Waals surface area contributed by atoms with E-state index in [2.05, 4.69) is 10.6 Å². The fraction of sp³-hybridized carbons (Fsp3) is 0.429. The molecule has 0 bridgehead atoms. The monoisotopic (exact) mass is 295 g/mol. The normalized spacial score (nSPS) is 12.0. The van der Waals surface area contributed by atoms with E-state index in [-0.39, 0.29) is 5.92 Å². The average Bonchev–Trinajstić information content (AvgIpc) is 2.38. The summed E-state index contributed by atoms with van der Waals surface area (Å²) in [4.78, 5) is 24.2. The molecule has 110 valence electrons. The van der Waals surface area contributed by atoms with Crippen molar-refractivity contribution in [2.45, 2.75) is 31.2 Å². The number of carbonyl (C=O) groups is 2. The Morgan fingerprint density at radius 2 is 1.85 bits per heavy atom. The molecule has 3 amide bonds. The number of benzene rings is 1. The lowest BCUT2D eigenvalue weighted by Crippen LogP contribution is -2.46. The molecule has 1 aromatic rings. The predicted octanol–water partition coefficient (Wildman–Crippen LogP) is 2.43. The number of urea groups is 1. The van der Waals surface area contributed by atoms with Crippen LogP contribution in [-0.4, -0.2) is 24.2 Å². The minimum atomic E-state index is -0.652. The number of nitrogens with two attached hydrogens (primary N) is 1. The smallest absolute Gasteiger partial charge is 0.319 e. The Hall–Kier alpha value is -1.69. The lowest BCUT2D eigenvalue weighted by molar-refractivity contribution is -0.120. The molecule has 0 saturated heterocycles. The summed E-state index contributed by atoms with van der Waals surface area (Å²) in [7, 11) is 0. The summed E-state index contributed by atoms with van der Waals surface area (Å²) >= 11 is 1.63. The summed E-state index contributed by atoms with van der Waals surface area (Å²) in [5.41, 5.74) is 5.95. The van der Waals surface area contributed by atoms with Gasteiger partial charge < -0.3 is 16.4 Å². The fourth-order valence-corrected chi connectivity index (χ4v) is 2.13. The molecular formula is C14H21N3O2S. The minimum absolute atomic E-state index is 0.272. The van der Waals surface area contributed by atoms with Gasteiger partial charge >= 0.3 is 6.03 Å². The Labute approximate surface area is 123 Å². The van der Waals surface area contributed by atoms with Gasteiger partial charge in [-0.25, -0.2) is 4.79 Å². The second-order valence-electron chi connectivity index (χ2n) is 4.91. The van der Waals surface area contributed by atoms with Crippen LogP contribution < -0.4 is 16.4 Å². The van der Waals surface area contributed by atoms with Crippen LogP contribution in [-0.2, 0) is 4.79 Å².